The number of carbonyl (C=O) groups excluding carboxylic acids is 1. The molecule has 0 radical (unpaired) electrons. The van der Waals surface area contributed by atoms with Gasteiger partial charge in [-0.15, -0.1) is 0 Å². The standard InChI is InChI=1S/C19H18BrNO2/c1-2-16-13-18(20)11-10-17(16)9-6-12-21-19(22)23-14-15-7-4-3-5-8-15/h3-5,7-8,10-11,13H,2,12,14H2,1H3,(H,21,22). The van der Waals surface area contributed by atoms with Crippen LogP contribution in [0.5, 0.6) is 0 Å². The van der Waals surface area contributed by atoms with E-state index in [2.05, 4.69) is 46.1 Å². The zero-order chi connectivity index (χ0) is 16.5. The Morgan fingerprint density at radius 1 is 1.22 bits per heavy atom. The van der Waals surface area contributed by atoms with Gasteiger partial charge in [0.25, 0.3) is 0 Å². The predicted octanol–water partition coefficient (Wildman–Crippen LogP) is 4.29. The van der Waals surface area contributed by atoms with Crippen LogP contribution in [0.3, 0.4) is 0 Å². The lowest BCUT2D eigenvalue weighted by atomic mass is 10.1. The fourth-order valence-corrected chi connectivity index (χ4v) is 2.42. The maximum Gasteiger partial charge on any atom is 0.408 e. The molecule has 0 heterocycles. The second-order valence-corrected chi connectivity index (χ2v) is 5.79. The Morgan fingerprint density at radius 2 is 2.00 bits per heavy atom. The van der Waals surface area contributed by atoms with E-state index in [4.69, 9.17) is 4.74 Å². The normalized spacial score (nSPS) is 9.65. The SMILES string of the molecule is CCc1cc(Br)ccc1C#CCNC(=O)OCc1ccccc1. The highest BCUT2D eigenvalue weighted by Crippen LogP contribution is 2.16. The first kappa shape index (κ1) is 17.1. The van der Waals surface area contributed by atoms with E-state index in [-0.39, 0.29) is 13.2 Å². The molecule has 0 atom stereocenters. The molecule has 0 aliphatic carbocycles. The molecule has 23 heavy (non-hydrogen) atoms. The van der Waals surface area contributed by atoms with Crippen LogP contribution >= 0.6 is 15.9 Å². The number of halogens is 1. The number of hydrogen-bond donors (Lipinski definition) is 1. The molecule has 1 amide bonds. The first-order valence-corrected chi connectivity index (χ1v) is 8.20. The summed E-state index contributed by atoms with van der Waals surface area (Å²) in [5, 5.41) is 2.63. The number of hydrogen-bond acceptors (Lipinski definition) is 2. The molecule has 0 unspecified atom stereocenters. The first-order valence-electron chi connectivity index (χ1n) is 7.41. The molecule has 2 aromatic rings. The van der Waals surface area contributed by atoms with Crippen LogP contribution in [0.25, 0.3) is 0 Å². The van der Waals surface area contributed by atoms with E-state index >= 15 is 0 Å². The third-order valence-electron chi connectivity index (χ3n) is 3.21. The zero-order valence-electron chi connectivity index (χ0n) is 12.9. The largest absolute Gasteiger partial charge is 0.445 e. The minimum atomic E-state index is -0.463. The van der Waals surface area contributed by atoms with Crippen molar-refractivity contribution in [3.63, 3.8) is 0 Å². The van der Waals surface area contributed by atoms with Crippen molar-refractivity contribution in [2.75, 3.05) is 6.54 Å². The molecule has 2 rings (SSSR count). The van der Waals surface area contributed by atoms with Gasteiger partial charge in [-0.1, -0.05) is 65.0 Å². The van der Waals surface area contributed by atoms with Gasteiger partial charge in [-0.25, -0.2) is 4.79 Å². The second kappa shape index (κ2) is 9.02. The van der Waals surface area contributed by atoms with Crippen LogP contribution in [0.4, 0.5) is 4.79 Å². The van der Waals surface area contributed by atoms with Crippen LogP contribution in [-0.2, 0) is 17.8 Å². The summed E-state index contributed by atoms with van der Waals surface area (Å²) < 4.78 is 6.16. The van der Waals surface area contributed by atoms with Crippen molar-refractivity contribution in [2.24, 2.45) is 0 Å². The molecule has 0 aromatic heterocycles. The van der Waals surface area contributed by atoms with Crippen molar-refractivity contribution in [1.29, 1.82) is 0 Å². The number of nitrogens with one attached hydrogen (secondary N) is 1. The Hall–Kier alpha value is -2.25. The number of carbonyl (C=O) groups is 1. The third-order valence-corrected chi connectivity index (χ3v) is 3.70. The molecule has 0 saturated heterocycles. The molecule has 118 valence electrons. The highest BCUT2D eigenvalue weighted by atomic mass is 79.9. The van der Waals surface area contributed by atoms with E-state index < -0.39 is 6.09 Å². The van der Waals surface area contributed by atoms with E-state index in [0.29, 0.717) is 0 Å². The second-order valence-electron chi connectivity index (χ2n) is 4.87. The monoisotopic (exact) mass is 371 g/mol. The molecule has 4 heteroatoms. The Kier molecular flexibility index (Phi) is 6.71. The van der Waals surface area contributed by atoms with Crippen molar-refractivity contribution in [3.8, 4) is 11.8 Å². The van der Waals surface area contributed by atoms with Gasteiger partial charge in [0.15, 0.2) is 0 Å². The van der Waals surface area contributed by atoms with Gasteiger partial charge in [0.1, 0.15) is 6.61 Å². The third kappa shape index (κ3) is 5.80. The first-order chi connectivity index (χ1) is 11.2. The molecular weight excluding hydrogens is 354 g/mol. The summed E-state index contributed by atoms with van der Waals surface area (Å²) in [6.45, 7) is 2.60. The number of alkyl carbamates (subject to hydrolysis) is 1. The predicted molar refractivity (Wildman–Crippen MR) is 95.0 cm³/mol. The van der Waals surface area contributed by atoms with Gasteiger partial charge in [-0.2, -0.15) is 0 Å². The summed E-state index contributed by atoms with van der Waals surface area (Å²) in [6, 6.07) is 15.6. The van der Waals surface area contributed by atoms with Gasteiger partial charge in [0, 0.05) is 10.0 Å². The molecule has 0 aliphatic rings. The summed E-state index contributed by atoms with van der Waals surface area (Å²) in [5.74, 6) is 6.03. The zero-order valence-corrected chi connectivity index (χ0v) is 14.5. The summed E-state index contributed by atoms with van der Waals surface area (Å²) >= 11 is 3.45. The molecule has 0 bridgehead atoms. The van der Waals surface area contributed by atoms with E-state index in [1.54, 1.807) is 0 Å². The summed E-state index contributed by atoms with van der Waals surface area (Å²) in [4.78, 5) is 11.6. The van der Waals surface area contributed by atoms with Crippen LogP contribution in [0.1, 0.15) is 23.6 Å². The van der Waals surface area contributed by atoms with E-state index in [0.717, 1.165) is 22.0 Å². The summed E-state index contributed by atoms with van der Waals surface area (Å²) in [7, 11) is 0. The summed E-state index contributed by atoms with van der Waals surface area (Å²) in [6.07, 6.45) is 0.449. The van der Waals surface area contributed by atoms with Crippen LogP contribution < -0.4 is 5.32 Å². The van der Waals surface area contributed by atoms with Crippen LogP contribution in [0.15, 0.2) is 53.0 Å². The van der Waals surface area contributed by atoms with Crippen molar-refractivity contribution in [1.82, 2.24) is 5.32 Å². The quantitative estimate of drug-likeness (QED) is 0.814. The highest BCUT2D eigenvalue weighted by Gasteiger charge is 2.01. The van der Waals surface area contributed by atoms with Crippen molar-refractivity contribution < 1.29 is 9.53 Å². The Balaban J connectivity index is 1.80. The molecular formula is C19H18BrNO2. The maximum absolute atomic E-state index is 11.6. The van der Waals surface area contributed by atoms with Gasteiger partial charge in [-0.05, 0) is 35.7 Å². The van der Waals surface area contributed by atoms with E-state index in [1.165, 1.54) is 5.56 Å². The molecule has 2 aromatic carbocycles. The smallest absolute Gasteiger partial charge is 0.408 e. The minimum Gasteiger partial charge on any atom is -0.445 e. The number of rotatable bonds is 4. The Bertz CT molecular complexity index is 717. The average molecular weight is 372 g/mol. The Labute approximate surface area is 145 Å². The topological polar surface area (TPSA) is 38.3 Å². The number of aryl methyl sites for hydroxylation is 1. The number of benzene rings is 2. The summed E-state index contributed by atoms with van der Waals surface area (Å²) in [5.41, 5.74) is 3.12. The minimum absolute atomic E-state index is 0.257. The number of amides is 1. The molecule has 0 spiro atoms. The molecule has 3 nitrogen and oxygen atoms in total. The van der Waals surface area contributed by atoms with Crippen molar-refractivity contribution >= 4 is 22.0 Å². The van der Waals surface area contributed by atoms with Crippen molar-refractivity contribution in [3.05, 3.63) is 69.7 Å². The Morgan fingerprint density at radius 3 is 2.74 bits per heavy atom. The van der Waals surface area contributed by atoms with E-state index in [1.807, 2.05) is 42.5 Å². The fraction of sp³-hybridized carbons (Fsp3) is 0.211. The fourth-order valence-electron chi connectivity index (χ4n) is 2.01. The molecule has 0 fully saturated rings. The van der Waals surface area contributed by atoms with Crippen LogP contribution in [0.2, 0.25) is 0 Å². The highest BCUT2D eigenvalue weighted by molar-refractivity contribution is 9.10. The average Bonchev–Trinajstić information content (AvgIpc) is 2.58. The van der Waals surface area contributed by atoms with Gasteiger partial charge in [0.2, 0.25) is 0 Å². The van der Waals surface area contributed by atoms with Gasteiger partial charge in [-0.3, -0.25) is 0 Å². The van der Waals surface area contributed by atoms with Crippen molar-refractivity contribution in [2.45, 2.75) is 20.0 Å². The lowest BCUT2D eigenvalue weighted by molar-refractivity contribution is 0.141. The maximum atomic E-state index is 11.6. The van der Waals surface area contributed by atoms with Gasteiger partial charge >= 0.3 is 6.09 Å². The lowest BCUT2D eigenvalue weighted by Gasteiger charge is -2.04. The molecule has 0 aliphatic heterocycles. The molecule has 0 saturated carbocycles. The molecule has 1 N–H and O–H groups in total. The van der Waals surface area contributed by atoms with Gasteiger partial charge in [0.05, 0.1) is 6.54 Å². The van der Waals surface area contributed by atoms with Crippen LogP contribution in [0, 0.1) is 11.8 Å². The number of ether oxygens (including phenoxy) is 1. The van der Waals surface area contributed by atoms with Crippen LogP contribution in [-0.4, -0.2) is 12.6 Å². The van der Waals surface area contributed by atoms with Gasteiger partial charge < -0.3 is 10.1 Å². The lowest BCUT2D eigenvalue weighted by Crippen LogP contribution is -2.24. The van der Waals surface area contributed by atoms with E-state index in [9.17, 15) is 4.79 Å².